The maximum Gasteiger partial charge on any atom is 0.414 e. The van der Waals surface area contributed by atoms with E-state index >= 15 is 0 Å². The molecule has 21 heavy (non-hydrogen) atoms. The molecule has 2 aromatic rings. The summed E-state index contributed by atoms with van der Waals surface area (Å²) in [5.41, 5.74) is 2.77. The van der Waals surface area contributed by atoms with Crippen molar-refractivity contribution in [2.75, 3.05) is 6.54 Å². The van der Waals surface area contributed by atoms with Gasteiger partial charge in [0.1, 0.15) is 5.76 Å². The maximum absolute atomic E-state index is 9.10. The van der Waals surface area contributed by atoms with Crippen molar-refractivity contribution in [2.45, 2.75) is 12.5 Å². The van der Waals surface area contributed by atoms with Crippen molar-refractivity contribution in [3.63, 3.8) is 0 Å². The Hall–Kier alpha value is -2.60. The van der Waals surface area contributed by atoms with E-state index in [4.69, 9.17) is 24.2 Å². The largest absolute Gasteiger partial charge is 0.473 e. The van der Waals surface area contributed by atoms with Gasteiger partial charge in [-0.1, -0.05) is 24.3 Å². The lowest BCUT2D eigenvalue weighted by atomic mass is 9.93. The van der Waals surface area contributed by atoms with Crippen molar-refractivity contribution < 1.29 is 24.2 Å². The van der Waals surface area contributed by atoms with E-state index in [1.165, 1.54) is 11.1 Å². The van der Waals surface area contributed by atoms with E-state index in [1.54, 1.807) is 6.26 Å². The van der Waals surface area contributed by atoms with Crippen LogP contribution in [-0.4, -0.2) is 28.7 Å². The van der Waals surface area contributed by atoms with Gasteiger partial charge in [0.25, 0.3) is 0 Å². The average Bonchev–Trinajstić information content (AvgIpc) is 3.01. The van der Waals surface area contributed by atoms with Gasteiger partial charge in [0.05, 0.1) is 12.3 Å². The van der Waals surface area contributed by atoms with E-state index in [-0.39, 0.29) is 6.04 Å². The number of rotatable bonds is 1. The van der Waals surface area contributed by atoms with E-state index in [2.05, 4.69) is 29.6 Å². The first-order valence-electron chi connectivity index (χ1n) is 6.40. The van der Waals surface area contributed by atoms with Gasteiger partial charge in [-0.2, -0.15) is 0 Å². The number of carbonyl (C=O) groups is 2. The maximum atomic E-state index is 9.10. The number of fused-ring (bicyclic) bond motifs is 1. The van der Waals surface area contributed by atoms with Crippen LogP contribution < -0.4 is 5.32 Å². The Morgan fingerprint density at radius 2 is 1.81 bits per heavy atom. The Morgan fingerprint density at radius 3 is 2.43 bits per heavy atom. The molecule has 1 unspecified atom stereocenters. The second-order valence-electron chi connectivity index (χ2n) is 4.46. The number of hydrogen-bond donors (Lipinski definition) is 3. The molecular formula is C15H15NO5. The fourth-order valence-electron chi connectivity index (χ4n) is 2.21. The fraction of sp³-hybridized carbons (Fsp3) is 0.200. The van der Waals surface area contributed by atoms with Gasteiger partial charge in [-0.15, -0.1) is 0 Å². The molecule has 0 aliphatic carbocycles. The van der Waals surface area contributed by atoms with Crippen LogP contribution in [0.2, 0.25) is 0 Å². The summed E-state index contributed by atoms with van der Waals surface area (Å²) in [6.07, 6.45) is 2.83. The van der Waals surface area contributed by atoms with Crippen LogP contribution in [0.25, 0.3) is 0 Å². The predicted molar refractivity (Wildman–Crippen MR) is 74.0 cm³/mol. The highest BCUT2D eigenvalue weighted by atomic mass is 16.4. The summed E-state index contributed by atoms with van der Waals surface area (Å²) in [6, 6.07) is 12.8. The summed E-state index contributed by atoms with van der Waals surface area (Å²) in [5.74, 6) is -2.65. The third-order valence-electron chi connectivity index (χ3n) is 3.12. The molecule has 1 aromatic heterocycles. The Kier molecular flexibility index (Phi) is 4.73. The Bertz CT molecular complexity index is 609. The van der Waals surface area contributed by atoms with Gasteiger partial charge in [-0.05, 0) is 29.7 Å². The lowest BCUT2D eigenvalue weighted by Crippen LogP contribution is -2.30. The molecule has 0 radical (unpaired) electrons. The minimum Gasteiger partial charge on any atom is -0.473 e. The molecule has 0 amide bonds. The van der Waals surface area contributed by atoms with Gasteiger partial charge < -0.3 is 19.9 Å². The highest BCUT2D eigenvalue weighted by molar-refractivity contribution is 6.27. The zero-order chi connectivity index (χ0) is 15.2. The molecule has 110 valence electrons. The van der Waals surface area contributed by atoms with Gasteiger partial charge in [0.2, 0.25) is 0 Å². The zero-order valence-corrected chi connectivity index (χ0v) is 11.2. The summed E-state index contributed by atoms with van der Waals surface area (Å²) < 4.78 is 5.47. The molecule has 2 heterocycles. The molecule has 6 nitrogen and oxygen atoms in total. The lowest BCUT2D eigenvalue weighted by molar-refractivity contribution is -0.159. The molecule has 1 aromatic carbocycles. The topological polar surface area (TPSA) is 99.8 Å². The molecule has 1 aliphatic heterocycles. The van der Waals surface area contributed by atoms with Crippen LogP contribution in [-0.2, 0) is 16.0 Å². The Morgan fingerprint density at radius 1 is 1.10 bits per heavy atom. The lowest BCUT2D eigenvalue weighted by Gasteiger charge is -2.25. The van der Waals surface area contributed by atoms with Crippen LogP contribution >= 0.6 is 0 Å². The van der Waals surface area contributed by atoms with Gasteiger partial charge in [-0.25, -0.2) is 9.59 Å². The summed E-state index contributed by atoms with van der Waals surface area (Å²) in [6.45, 7) is 1.02. The smallest absolute Gasteiger partial charge is 0.414 e. The molecule has 3 rings (SSSR count). The van der Waals surface area contributed by atoms with Crippen molar-refractivity contribution in [3.05, 3.63) is 59.5 Å². The number of nitrogens with one attached hydrogen (secondary N) is 1. The Labute approximate surface area is 121 Å². The van der Waals surface area contributed by atoms with Crippen LogP contribution in [0, 0.1) is 0 Å². The molecule has 0 bridgehead atoms. The van der Waals surface area contributed by atoms with Crippen LogP contribution in [0.15, 0.2) is 47.1 Å². The number of benzene rings is 1. The summed E-state index contributed by atoms with van der Waals surface area (Å²) in [7, 11) is 0. The zero-order valence-electron chi connectivity index (χ0n) is 11.2. The van der Waals surface area contributed by atoms with E-state index < -0.39 is 11.9 Å². The van der Waals surface area contributed by atoms with E-state index in [9.17, 15) is 0 Å². The highest BCUT2D eigenvalue weighted by Crippen LogP contribution is 2.28. The van der Waals surface area contributed by atoms with E-state index in [1.807, 2.05) is 12.1 Å². The van der Waals surface area contributed by atoms with E-state index in [0.29, 0.717) is 0 Å². The number of carboxylic acid groups (broad SMARTS) is 2. The summed E-state index contributed by atoms with van der Waals surface area (Å²) in [5, 5.41) is 18.3. The summed E-state index contributed by atoms with van der Waals surface area (Å²) in [4.78, 5) is 18.2. The second kappa shape index (κ2) is 6.71. The first-order valence-corrected chi connectivity index (χ1v) is 6.40. The van der Waals surface area contributed by atoms with Crippen LogP contribution in [0.1, 0.15) is 22.9 Å². The van der Waals surface area contributed by atoms with Gasteiger partial charge in [0.15, 0.2) is 0 Å². The van der Waals surface area contributed by atoms with Crippen molar-refractivity contribution in [1.82, 2.24) is 5.32 Å². The number of aliphatic carboxylic acids is 2. The molecule has 6 heteroatoms. The third kappa shape index (κ3) is 3.70. The first-order chi connectivity index (χ1) is 10.1. The third-order valence-corrected chi connectivity index (χ3v) is 3.12. The van der Waals surface area contributed by atoms with Crippen LogP contribution in [0.4, 0.5) is 0 Å². The van der Waals surface area contributed by atoms with Crippen molar-refractivity contribution in [1.29, 1.82) is 0 Å². The minimum absolute atomic E-state index is 0.227. The second-order valence-corrected chi connectivity index (χ2v) is 4.46. The standard InChI is InChI=1S/C13H13NO.C2H2O4/c1-2-5-11-10(4-1)7-8-14-13(11)12-6-3-9-15-12;3-1(4)2(5)6/h1-6,9,13-14H,7-8H2;(H,3,4)(H,5,6). The molecule has 0 spiro atoms. The molecule has 0 saturated heterocycles. The molecule has 0 fully saturated rings. The van der Waals surface area contributed by atoms with Crippen LogP contribution in [0.3, 0.4) is 0 Å². The minimum atomic E-state index is -1.82. The monoisotopic (exact) mass is 289 g/mol. The van der Waals surface area contributed by atoms with Crippen molar-refractivity contribution >= 4 is 11.9 Å². The Balaban J connectivity index is 0.000000232. The van der Waals surface area contributed by atoms with Gasteiger partial charge in [0, 0.05) is 6.54 Å². The fourth-order valence-corrected chi connectivity index (χ4v) is 2.21. The van der Waals surface area contributed by atoms with Crippen molar-refractivity contribution in [2.24, 2.45) is 0 Å². The molecular weight excluding hydrogens is 274 g/mol. The highest BCUT2D eigenvalue weighted by Gasteiger charge is 2.22. The first kappa shape index (κ1) is 14.8. The number of furan rings is 1. The normalized spacial score (nSPS) is 16.3. The molecule has 1 atom stereocenters. The molecule has 1 aliphatic rings. The molecule has 0 saturated carbocycles. The van der Waals surface area contributed by atoms with Gasteiger partial charge >= 0.3 is 11.9 Å². The number of hydrogen-bond acceptors (Lipinski definition) is 4. The molecule has 3 N–H and O–H groups in total. The van der Waals surface area contributed by atoms with E-state index in [0.717, 1.165) is 18.7 Å². The quantitative estimate of drug-likeness (QED) is 0.691. The predicted octanol–water partition coefficient (Wildman–Crippen LogP) is 1.67. The van der Waals surface area contributed by atoms with Gasteiger partial charge in [-0.3, -0.25) is 0 Å². The summed E-state index contributed by atoms with van der Waals surface area (Å²) >= 11 is 0. The SMILES string of the molecule is O=C(O)C(=O)O.c1coc(C2NCCc3ccccc32)c1. The average molecular weight is 289 g/mol. The van der Waals surface area contributed by atoms with Crippen molar-refractivity contribution in [3.8, 4) is 0 Å². The number of carboxylic acids is 2. The van der Waals surface area contributed by atoms with Crippen LogP contribution in [0.5, 0.6) is 0 Å².